The van der Waals surface area contributed by atoms with Crippen molar-refractivity contribution in [1.29, 1.82) is 0 Å². The number of hydrogen-bond acceptors (Lipinski definition) is 5. The Morgan fingerprint density at radius 3 is 2.79 bits per heavy atom. The molecule has 6 nitrogen and oxygen atoms in total. The Labute approximate surface area is 177 Å². The second-order valence-corrected chi connectivity index (χ2v) is 8.30. The molecule has 1 atom stereocenters. The molecular weight excluding hydrogens is 466 g/mol. The summed E-state index contributed by atoms with van der Waals surface area (Å²) in [5, 5.41) is 13.9. The number of phenols is 1. The first-order valence-electron chi connectivity index (χ1n) is 8.06. The van der Waals surface area contributed by atoms with Crippen LogP contribution in [0.3, 0.4) is 0 Å². The van der Waals surface area contributed by atoms with Gasteiger partial charge in [0.1, 0.15) is 10.8 Å². The number of phenolic OH excluding ortho intramolecular Hbond substituents is 1. The van der Waals surface area contributed by atoms with Crippen LogP contribution in [-0.2, 0) is 4.79 Å². The first-order chi connectivity index (χ1) is 13.4. The lowest BCUT2D eigenvalue weighted by Gasteiger charge is -2.07. The fraction of sp³-hybridized carbons (Fsp3) is 0.0526. The molecule has 1 aliphatic heterocycles. The average Bonchev–Trinajstić information content (AvgIpc) is 3.05. The van der Waals surface area contributed by atoms with Crippen LogP contribution in [0.15, 0.2) is 58.1 Å². The maximum Gasteiger partial charge on any atom is 0.283 e. The van der Waals surface area contributed by atoms with Gasteiger partial charge >= 0.3 is 0 Å². The summed E-state index contributed by atoms with van der Waals surface area (Å²) in [5.41, 5.74) is 1.04. The Morgan fingerprint density at radius 1 is 1.29 bits per heavy atom. The third-order valence-corrected chi connectivity index (χ3v) is 6.17. The maximum absolute atomic E-state index is 12.6. The van der Waals surface area contributed by atoms with Gasteiger partial charge in [0.15, 0.2) is 10.9 Å². The summed E-state index contributed by atoms with van der Waals surface area (Å²) in [7, 11) is 0. The van der Waals surface area contributed by atoms with Crippen molar-refractivity contribution in [2.24, 2.45) is 4.99 Å². The molecular formula is C19H11BrClN3O3S. The lowest BCUT2D eigenvalue weighted by Crippen LogP contribution is -2.22. The highest BCUT2D eigenvalue weighted by molar-refractivity contribution is 9.10. The summed E-state index contributed by atoms with van der Waals surface area (Å²) < 4.78 is 0.610. The summed E-state index contributed by atoms with van der Waals surface area (Å²) in [6.45, 7) is 0. The Morgan fingerprint density at radius 2 is 2.04 bits per heavy atom. The van der Waals surface area contributed by atoms with Crippen molar-refractivity contribution in [3.63, 3.8) is 0 Å². The quantitative estimate of drug-likeness (QED) is 0.570. The number of nitrogens with one attached hydrogen (secondary N) is 1. The topological polar surface area (TPSA) is 91.7 Å². The molecule has 1 fully saturated rings. The van der Waals surface area contributed by atoms with Crippen LogP contribution >= 0.6 is 39.3 Å². The van der Waals surface area contributed by atoms with Gasteiger partial charge in [0.05, 0.1) is 5.56 Å². The van der Waals surface area contributed by atoms with Crippen molar-refractivity contribution in [1.82, 2.24) is 10.3 Å². The minimum atomic E-state index is -0.676. The Bertz CT molecular complexity index is 1150. The zero-order valence-electron chi connectivity index (χ0n) is 14.0. The molecule has 3 aromatic rings. The zero-order valence-corrected chi connectivity index (χ0v) is 17.2. The van der Waals surface area contributed by atoms with Crippen molar-refractivity contribution >= 4 is 67.2 Å². The van der Waals surface area contributed by atoms with Gasteiger partial charge in [0, 0.05) is 21.1 Å². The number of thioether (sulfide) groups is 1. The number of carbonyl (C=O) groups excluding carboxylic acids is 2. The number of fused-ring (bicyclic) bond motifs is 1. The number of aliphatic imine (C=N–C) groups is 1. The van der Waals surface area contributed by atoms with E-state index in [1.807, 2.05) is 0 Å². The first-order valence-corrected chi connectivity index (χ1v) is 10.1. The minimum Gasteiger partial charge on any atom is -0.505 e. The Kier molecular flexibility index (Phi) is 5.09. The van der Waals surface area contributed by atoms with Crippen LogP contribution in [0.1, 0.15) is 21.2 Å². The number of aromatic hydroxyl groups is 1. The molecule has 0 radical (unpaired) electrons. The fourth-order valence-electron chi connectivity index (χ4n) is 2.78. The lowest BCUT2D eigenvalue weighted by molar-refractivity contribution is -0.118. The Balaban J connectivity index is 1.64. The van der Waals surface area contributed by atoms with Crippen molar-refractivity contribution in [3.05, 3.63) is 69.3 Å². The smallest absolute Gasteiger partial charge is 0.283 e. The zero-order chi connectivity index (χ0) is 19.8. The fourth-order valence-corrected chi connectivity index (χ4v) is 4.43. The number of amidine groups is 1. The van der Waals surface area contributed by atoms with Gasteiger partial charge in [0.25, 0.3) is 5.91 Å². The van der Waals surface area contributed by atoms with Gasteiger partial charge < -0.3 is 10.4 Å². The number of nitrogens with zero attached hydrogens (tertiary/aromatic N) is 2. The number of benzene rings is 2. The molecule has 0 saturated carbocycles. The number of rotatable bonds is 2. The summed E-state index contributed by atoms with van der Waals surface area (Å²) >= 11 is 10.4. The molecule has 2 heterocycles. The van der Waals surface area contributed by atoms with E-state index in [1.165, 1.54) is 12.3 Å². The van der Waals surface area contributed by atoms with Crippen molar-refractivity contribution < 1.29 is 14.7 Å². The van der Waals surface area contributed by atoms with E-state index < -0.39 is 11.2 Å². The molecule has 1 unspecified atom stereocenters. The second kappa shape index (κ2) is 7.54. The standard InChI is InChI=1S/C19H11BrClN3O3S/c20-13-8-12(15(25)14-11(13)2-1-7-22-14)17(26)23-19-24-18(27)16(28-19)9-3-5-10(21)6-4-9/h1-8,16,25H,(H,23,24,26,27). The van der Waals surface area contributed by atoms with Crippen LogP contribution in [-0.4, -0.2) is 27.1 Å². The number of hydrogen-bond donors (Lipinski definition) is 2. The highest BCUT2D eigenvalue weighted by Gasteiger charge is 2.32. The summed E-state index contributed by atoms with van der Waals surface area (Å²) in [6.07, 6.45) is 1.53. The van der Waals surface area contributed by atoms with E-state index in [0.29, 0.717) is 20.4 Å². The summed E-state index contributed by atoms with van der Waals surface area (Å²) in [5.74, 6) is -1.20. The molecule has 9 heteroatoms. The number of pyridine rings is 1. The molecule has 28 heavy (non-hydrogen) atoms. The van der Waals surface area contributed by atoms with E-state index in [-0.39, 0.29) is 22.4 Å². The molecule has 1 aromatic heterocycles. The molecule has 1 aliphatic rings. The lowest BCUT2D eigenvalue weighted by atomic mass is 10.1. The molecule has 0 spiro atoms. The van der Waals surface area contributed by atoms with E-state index in [4.69, 9.17) is 11.6 Å². The third kappa shape index (κ3) is 3.50. The SMILES string of the molecule is O=C(N=C1NC(=O)C(c2ccc(Cl)cc2)S1)c1cc(Br)c2cccnc2c1O. The maximum atomic E-state index is 12.6. The van der Waals surface area contributed by atoms with Crippen LogP contribution in [0.2, 0.25) is 5.02 Å². The second-order valence-electron chi connectivity index (χ2n) is 5.91. The molecule has 140 valence electrons. The van der Waals surface area contributed by atoms with Crippen LogP contribution in [0.25, 0.3) is 10.9 Å². The van der Waals surface area contributed by atoms with Gasteiger partial charge in [-0.05, 0) is 29.8 Å². The minimum absolute atomic E-state index is 0.00429. The van der Waals surface area contributed by atoms with Crippen molar-refractivity contribution in [2.75, 3.05) is 0 Å². The summed E-state index contributed by atoms with van der Waals surface area (Å²) in [4.78, 5) is 33.0. The van der Waals surface area contributed by atoms with Crippen LogP contribution < -0.4 is 5.32 Å². The number of carbonyl (C=O) groups is 2. The predicted molar refractivity (Wildman–Crippen MR) is 113 cm³/mol. The molecule has 0 bridgehead atoms. The van der Waals surface area contributed by atoms with Gasteiger partial charge in [-0.3, -0.25) is 14.6 Å². The molecule has 0 aliphatic carbocycles. The predicted octanol–water partition coefficient (Wildman–Crippen LogP) is 4.46. The van der Waals surface area contributed by atoms with Crippen LogP contribution in [0.5, 0.6) is 5.75 Å². The van der Waals surface area contributed by atoms with E-state index in [0.717, 1.165) is 17.3 Å². The van der Waals surface area contributed by atoms with Crippen molar-refractivity contribution in [3.8, 4) is 5.75 Å². The van der Waals surface area contributed by atoms with E-state index in [1.54, 1.807) is 36.4 Å². The molecule has 2 aromatic carbocycles. The van der Waals surface area contributed by atoms with Gasteiger partial charge in [-0.15, -0.1) is 0 Å². The van der Waals surface area contributed by atoms with Gasteiger partial charge in [-0.25, -0.2) is 0 Å². The van der Waals surface area contributed by atoms with Gasteiger partial charge in [-0.1, -0.05) is 57.5 Å². The van der Waals surface area contributed by atoms with Crippen LogP contribution in [0.4, 0.5) is 0 Å². The van der Waals surface area contributed by atoms with Crippen LogP contribution in [0, 0.1) is 0 Å². The number of aromatic nitrogens is 1. The molecule has 4 rings (SSSR count). The molecule has 2 N–H and O–H groups in total. The van der Waals surface area contributed by atoms with E-state index in [9.17, 15) is 14.7 Å². The van der Waals surface area contributed by atoms with Crippen molar-refractivity contribution in [2.45, 2.75) is 5.25 Å². The first kappa shape index (κ1) is 18.9. The van der Waals surface area contributed by atoms with E-state index >= 15 is 0 Å². The number of amides is 2. The average molecular weight is 477 g/mol. The van der Waals surface area contributed by atoms with Gasteiger partial charge in [-0.2, -0.15) is 4.99 Å². The molecule has 2 amide bonds. The molecule has 1 saturated heterocycles. The summed E-state index contributed by atoms with van der Waals surface area (Å²) in [6, 6.07) is 11.9. The monoisotopic (exact) mass is 475 g/mol. The Hall–Kier alpha value is -2.42. The number of halogens is 2. The van der Waals surface area contributed by atoms with E-state index in [2.05, 4.69) is 31.2 Å². The normalized spacial score (nSPS) is 17.9. The highest BCUT2D eigenvalue weighted by atomic mass is 79.9. The third-order valence-electron chi connectivity index (χ3n) is 4.12. The van der Waals surface area contributed by atoms with Gasteiger partial charge in [0.2, 0.25) is 5.91 Å². The largest absolute Gasteiger partial charge is 0.505 e. The highest BCUT2D eigenvalue weighted by Crippen LogP contribution is 2.36.